The van der Waals surface area contributed by atoms with E-state index in [-0.39, 0.29) is 18.2 Å². The Labute approximate surface area is 170 Å². The van der Waals surface area contributed by atoms with Gasteiger partial charge in [-0.3, -0.25) is 4.79 Å². The van der Waals surface area contributed by atoms with Gasteiger partial charge in [-0.2, -0.15) is 0 Å². The van der Waals surface area contributed by atoms with Crippen LogP contribution in [0, 0.1) is 13.8 Å². The van der Waals surface area contributed by atoms with Gasteiger partial charge in [0.25, 0.3) is 5.91 Å². The number of carbonyl (C=O) groups is 3. The molecule has 2 aromatic rings. The number of esters is 2. The third-order valence-electron chi connectivity index (χ3n) is 5.09. The van der Waals surface area contributed by atoms with E-state index in [9.17, 15) is 14.4 Å². The van der Waals surface area contributed by atoms with Crippen LogP contribution in [0.5, 0.6) is 0 Å². The second-order valence-corrected chi connectivity index (χ2v) is 7.07. The highest BCUT2D eigenvalue weighted by Crippen LogP contribution is 2.26. The zero-order valence-electron chi connectivity index (χ0n) is 17.0. The molecule has 1 aliphatic heterocycles. The van der Waals surface area contributed by atoms with Crippen molar-refractivity contribution in [1.29, 1.82) is 0 Å². The molecule has 0 radical (unpaired) electrons. The monoisotopic (exact) mass is 398 g/mol. The summed E-state index contributed by atoms with van der Waals surface area (Å²) in [6, 6.07) is 8.98. The summed E-state index contributed by atoms with van der Waals surface area (Å²) in [6.45, 7) is 6.63. The lowest BCUT2D eigenvalue weighted by Gasteiger charge is -2.23. The van der Waals surface area contributed by atoms with Crippen molar-refractivity contribution < 1.29 is 23.9 Å². The number of benzene rings is 1. The fourth-order valence-electron chi connectivity index (χ4n) is 3.62. The van der Waals surface area contributed by atoms with E-state index in [2.05, 4.69) is 4.98 Å². The van der Waals surface area contributed by atoms with E-state index in [0.29, 0.717) is 35.5 Å². The molecule has 3 rings (SSSR count). The first-order chi connectivity index (χ1) is 13.9. The average Bonchev–Trinajstić information content (AvgIpc) is 3.34. The Bertz CT molecular complexity index is 897. The molecule has 0 bridgehead atoms. The number of ether oxygens (including phenoxy) is 2. The minimum Gasteiger partial charge on any atom is -0.462 e. The van der Waals surface area contributed by atoms with Crippen molar-refractivity contribution in [2.75, 3.05) is 19.7 Å². The van der Waals surface area contributed by atoms with Crippen molar-refractivity contribution in [3.05, 3.63) is 58.4 Å². The molecule has 1 aromatic heterocycles. The molecule has 1 fully saturated rings. The highest BCUT2D eigenvalue weighted by Gasteiger charge is 2.33. The minimum atomic E-state index is -1.03. The summed E-state index contributed by atoms with van der Waals surface area (Å²) in [4.78, 5) is 42.8. The summed E-state index contributed by atoms with van der Waals surface area (Å²) in [7, 11) is 0. The van der Waals surface area contributed by atoms with Crippen LogP contribution in [0.25, 0.3) is 0 Å². The fourth-order valence-corrected chi connectivity index (χ4v) is 3.62. The van der Waals surface area contributed by atoms with Crippen LogP contribution >= 0.6 is 0 Å². The largest absolute Gasteiger partial charge is 0.462 e. The predicted octanol–water partition coefficient (Wildman–Crippen LogP) is 3.33. The standard InChI is InChI=1S/C22H26N2O5/c1-4-28-21(26)17-14(2)18(23-15(17)3)22(27)29-19(16-10-6-5-7-11-16)20(25)24-12-8-9-13-24/h5-7,10-11,19,23H,4,8-9,12-13H2,1-3H3/t19-/m0/s1. The lowest BCUT2D eigenvalue weighted by molar-refractivity contribution is -0.140. The number of nitrogens with one attached hydrogen (secondary N) is 1. The Morgan fingerprint density at radius 3 is 2.34 bits per heavy atom. The third-order valence-corrected chi connectivity index (χ3v) is 5.09. The van der Waals surface area contributed by atoms with Crippen LogP contribution < -0.4 is 0 Å². The molecular formula is C22H26N2O5. The molecule has 0 aliphatic carbocycles. The number of aryl methyl sites for hydroxylation is 1. The van der Waals surface area contributed by atoms with E-state index in [1.54, 1.807) is 49.9 Å². The summed E-state index contributed by atoms with van der Waals surface area (Å²) >= 11 is 0. The number of hydrogen-bond acceptors (Lipinski definition) is 5. The Balaban J connectivity index is 1.88. The Kier molecular flexibility index (Phi) is 6.36. The molecule has 0 unspecified atom stereocenters. The van der Waals surface area contributed by atoms with Crippen molar-refractivity contribution in [2.24, 2.45) is 0 Å². The van der Waals surface area contributed by atoms with Crippen LogP contribution in [0.2, 0.25) is 0 Å². The number of nitrogens with zero attached hydrogens (tertiary/aromatic N) is 1. The second-order valence-electron chi connectivity index (χ2n) is 7.07. The second kappa shape index (κ2) is 8.94. The zero-order chi connectivity index (χ0) is 21.0. The predicted molar refractivity (Wildman–Crippen MR) is 107 cm³/mol. The summed E-state index contributed by atoms with van der Waals surface area (Å²) in [6.07, 6.45) is 0.855. The highest BCUT2D eigenvalue weighted by atomic mass is 16.5. The van der Waals surface area contributed by atoms with E-state index in [0.717, 1.165) is 12.8 Å². The molecule has 1 atom stereocenters. The first kappa shape index (κ1) is 20.6. The lowest BCUT2D eigenvalue weighted by atomic mass is 10.1. The van der Waals surface area contributed by atoms with Gasteiger partial charge in [0.05, 0.1) is 12.2 Å². The summed E-state index contributed by atoms with van der Waals surface area (Å²) in [5, 5.41) is 0. The molecule has 7 heteroatoms. The molecule has 0 spiro atoms. The Hall–Kier alpha value is -3.09. The molecule has 1 aliphatic rings. The van der Waals surface area contributed by atoms with Crippen LogP contribution in [0.4, 0.5) is 0 Å². The van der Waals surface area contributed by atoms with Crippen LogP contribution in [0.15, 0.2) is 30.3 Å². The SMILES string of the molecule is CCOC(=O)c1c(C)[nH]c(C(=O)O[C@H](C(=O)N2CCCC2)c2ccccc2)c1C. The maximum Gasteiger partial charge on any atom is 0.356 e. The van der Waals surface area contributed by atoms with Crippen LogP contribution in [-0.4, -0.2) is 47.4 Å². The number of H-pyrrole nitrogens is 1. The normalized spacial score (nSPS) is 14.5. The van der Waals surface area contributed by atoms with Crippen LogP contribution in [0.3, 0.4) is 0 Å². The summed E-state index contributed by atoms with van der Waals surface area (Å²) in [5.41, 5.74) is 2.06. The number of rotatable bonds is 6. The van der Waals surface area contributed by atoms with Crippen molar-refractivity contribution in [3.63, 3.8) is 0 Å². The van der Waals surface area contributed by atoms with Crippen molar-refractivity contribution >= 4 is 17.8 Å². The molecule has 0 saturated carbocycles. The van der Waals surface area contributed by atoms with Gasteiger partial charge in [0.15, 0.2) is 0 Å². The Morgan fingerprint density at radius 1 is 1.07 bits per heavy atom. The highest BCUT2D eigenvalue weighted by molar-refractivity contribution is 5.99. The number of amides is 1. The molecule has 1 N–H and O–H groups in total. The van der Waals surface area contributed by atoms with Crippen molar-refractivity contribution in [1.82, 2.24) is 9.88 Å². The quantitative estimate of drug-likeness (QED) is 0.754. The number of aromatic nitrogens is 1. The van der Waals surface area contributed by atoms with Gasteiger partial charge in [0.1, 0.15) is 5.69 Å². The van der Waals surface area contributed by atoms with Crippen LogP contribution in [-0.2, 0) is 14.3 Å². The molecule has 1 saturated heterocycles. The van der Waals surface area contributed by atoms with Gasteiger partial charge in [0.2, 0.25) is 6.10 Å². The molecule has 154 valence electrons. The maximum absolute atomic E-state index is 13.0. The number of aromatic amines is 1. The summed E-state index contributed by atoms with van der Waals surface area (Å²) in [5.74, 6) is -1.40. The van der Waals surface area contributed by atoms with Gasteiger partial charge in [-0.1, -0.05) is 30.3 Å². The lowest BCUT2D eigenvalue weighted by Crippen LogP contribution is -2.35. The topological polar surface area (TPSA) is 88.7 Å². The molecule has 1 aromatic carbocycles. The van der Waals surface area contributed by atoms with Gasteiger partial charge in [-0.25, -0.2) is 9.59 Å². The number of hydrogen-bond donors (Lipinski definition) is 1. The van der Waals surface area contributed by atoms with Gasteiger partial charge in [0, 0.05) is 24.3 Å². The van der Waals surface area contributed by atoms with Gasteiger partial charge in [-0.05, 0) is 39.2 Å². The average molecular weight is 398 g/mol. The minimum absolute atomic E-state index is 0.153. The number of carbonyl (C=O) groups excluding carboxylic acids is 3. The van der Waals surface area contributed by atoms with Gasteiger partial charge >= 0.3 is 11.9 Å². The van der Waals surface area contributed by atoms with Gasteiger partial charge < -0.3 is 19.4 Å². The van der Waals surface area contributed by atoms with E-state index >= 15 is 0 Å². The van der Waals surface area contributed by atoms with E-state index in [1.807, 2.05) is 6.07 Å². The van der Waals surface area contributed by atoms with E-state index in [1.165, 1.54) is 0 Å². The van der Waals surface area contributed by atoms with Crippen molar-refractivity contribution in [2.45, 2.75) is 39.7 Å². The van der Waals surface area contributed by atoms with Crippen LogP contribution in [0.1, 0.15) is 63.5 Å². The van der Waals surface area contributed by atoms with Crippen molar-refractivity contribution in [3.8, 4) is 0 Å². The fraction of sp³-hybridized carbons (Fsp3) is 0.409. The smallest absolute Gasteiger partial charge is 0.356 e. The molecule has 1 amide bonds. The first-order valence-corrected chi connectivity index (χ1v) is 9.85. The summed E-state index contributed by atoms with van der Waals surface area (Å²) < 4.78 is 10.7. The van der Waals surface area contributed by atoms with E-state index < -0.39 is 18.0 Å². The molecule has 29 heavy (non-hydrogen) atoms. The first-order valence-electron chi connectivity index (χ1n) is 9.85. The molecule has 7 nitrogen and oxygen atoms in total. The van der Waals surface area contributed by atoms with E-state index in [4.69, 9.17) is 9.47 Å². The molecular weight excluding hydrogens is 372 g/mol. The Morgan fingerprint density at radius 2 is 1.72 bits per heavy atom. The molecule has 2 heterocycles. The maximum atomic E-state index is 13.0. The van der Waals surface area contributed by atoms with Gasteiger partial charge in [-0.15, -0.1) is 0 Å². The third kappa shape index (κ3) is 4.34. The zero-order valence-corrected chi connectivity index (χ0v) is 17.0. The number of likely N-dealkylation sites (tertiary alicyclic amines) is 1.